The number of hydrogen-bond acceptors (Lipinski definition) is 2. The van der Waals surface area contributed by atoms with Crippen LogP contribution in [-0.4, -0.2) is 18.4 Å². The average molecular weight is 223 g/mol. The van der Waals surface area contributed by atoms with E-state index in [9.17, 15) is 9.18 Å². The van der Waals surface area contributed by atoms with Gasteiger partial charge in [-0.25, -0.2) is 4.39 Å². The van der Waals surface area contributed by atoms with Crippen molar-refractivity contribution in [2.24, 2.45) is 0 Å². The summed E-state index contributed by atoms with van der Waals surface area (Å²) in [4.78, 5) is 11.8. The summed E-state index contributed by atoms with van der Waals surface area (Å²) < 4.78 is 12.8. The van der Waals surface area contributed by atoms with Crippen molar-refractivity contribution in [3.8, 4) is 0 Å². The summed E-state index contributed by atoms with van der Waals surface area (Å²) in [6, 6.07) is 4.66. The predicted octanol–water partition coefficient (Wildman–Crippen LogP) is 2.70. The van der Waals surface area contributed by atoms with Crippen LogP contribution in [0.1, 0.15) is 36.2 Å². The minimum Gasteiger partial charge on any atom is -0.314 e. The molecule has 16 heavy (non-hydrogen) atoms. The molecule has 0 saturated carbocycles. The Balaban J connectivity index is 2.59. The standard InChI is InChI=1S/C13H18FNO/c1-9(2)15-7-6-13(16)12-5-4-11(14)8-10(12)3/h4-5,8-9,15H,6-7H2,1-3H3. The molecule has 2 nitrogen and oxygen atoms in total. The van der Waals surface area contributed by atoms with Gasteiger partial charge in [-0.05, 0) is 30.7 Å². The van der Waals surface area contributed by atoms with E-state index in [0.717, 1.165) is 0 Å². The van der Waals surface area contributed by atoms with E-state index >= 15 is 0 Å². The maximum atomic E-state index is 12.8. The van der Waals surface area contributed by atoms with E-state index in [4.69, 9.17) is 0 Å². The van der Waals surface area contributed by atoms with Crippen LogP contribution >= 0.6 is 0 Å². The number of nitrogens with one attached hydrogen (secondary N) is 1. The van der Waals surface area contributed by atoms with Gasteiger partial charge in [0.25, 0.3) is 0 Å². The van der Waals surface area contributed by atoms with Crippen LogP contribution in [0, 0.1) is 12.7 Å². The average Bonchev–Trinajstić information content (AvgIpc) is 2.16. The van der Waals surface area contributed by atoms with Gasteiger partial charge in [0.15, 0.2) is 5.78 Å². The molecule has 0 radical (unpaired) electrons. The van der Waals surface area contributed by atoms with Crippen LogP contribution in [0.5, 0.6) is 0 Å². The summed E-state index contributed by atoms with van der Waals surface area (Å²) in [5.74, 6) is -0.236. The highest BCUT2D eigenvalue weighted by Crippen LogP contribution is 2.12. The second-order valence-corrected chi connectivity index (χ2v) is 4.24. The van der Waals surface area contributed by atoms with Crippen LogP contribution in [0.3, 0.4) is 0 Å². The van der Waals surface area contributed by atoms with E-state index in [1.165, 1.54) is 12.1 Å². The second kappa shape index (κ2) is 5.75. The maximum Gasteiger partial charge on any atom is 0.164 e. The molecule has 0 saturated heterocycles. The lowest BCUT2D eigenvalue weighted by Gasteiger charge is -2.08. The van der Waals surface area contributed by atoms with Gasteiger partial charge in [-0.1, -0.05) is 13.8 Å². The molecule has 1 N–H and O–H groups in total. The van der Waals surface area contributed by atoms with Gasteiger partial charge < -0.3 is 5.32 Å². The lowest BCUT2D eigenvalue weighted by atomic mass is 10.0. The third-order valence-electron chi connectivity index (χ3n) is 2.39. The van der Waals surface area contributed by atoms with E-state index < -0.39 is 0 Å². The number of benzene rings is 1. The number of hydrogen-bond donors (Lipinski definition) is 1. The number of rotatable bonds is 5. The normalized spacial score (nSPS) is 10.8. The van der Waals surface area contributed by atoms with E-state index in [0.29, 0.717) is 30.1 Å². The molecule has 1 aromatic carbocycles. The number of carbonyl (C=O) groups is 1. The molecular weight excluding hydrogens is 205 g/mol. The summed E-state index contributed by atoms with van der Waals surface area (Å²) >= 11 is 0. The zero-order chi connectivity index (χ0) is 12.1. The molecule has 88 valence electrons. The summed E-state index contributed by atoms with van der Waals surface area (Å²) in [6.45, 7) is 6.49. The van der Waals surface area contributed by atoms with Crippen LogP contribution < -0.4 is 5.32 Å². The first-order chi connectivity index (χ1) is 7.50. The van der Waals surface area contributed by atoms with E-state index in [-0.39, 0.29) is 11.6 Å². The van der Waals surface area contributed by atoms with E-state index in [1.807, 2.05) is 13.8 Å². The molecule has 0 amide bonds. The Morgan fingerprint density at radius 2 is 2.12 bits per heavy atom. The zero-order valence-electron chi connectivity index (χ0n) is 10.0. The van der Waals surface area contributed by atoms with Gasteiger partial charge in [0.05, 0.1) is 0 Å². The minimum atomic E-state index is -0.297. The lowest BCUT2D eigenvalue weighted by Crippen LogP contribution is -2.25. The van der Waals surface area contributed by atoms with Gasteiger partial charge in [-0.15, -0.1) is 0 Å². The Morgan fingerprint density at radius 1 is 1.44 bits per heavy atom. The first-order valence-electron chi connectivity index (χ1n) is 5.53. The molecule has 0 heterocycles. The third kappa shape index (κ3) is 3.74. The summed E-state index contributed by atoms with van der Waals surface area (Å²) in [5.41, 5.74) is 1.32. The van der Waals surface area contributed by atoms with Gasteiger partial charge in [-0.3, -0.25) is 4.79 Å². The molecule has 3 heteroatoms. The molecule has 0 unspecified atom stereocenters. The molecule has 0 spiro atoms. The van der Waals surface area contributed by atoms with Crippen LogP contribution in [0.25, 0.3) is 0 Å². The Labute approximate surface area is 95.9 Å². The van der Waals surface area contributed by atoms with E-state index in [1.54, 1.807) is 13.0 Å². The Kier molecular flexibility index (Phi) is 4.62. The fourth-order valence-electron chi connectivity index (χ4n) is 1.55. The van der Waals surface area contributed by atoms with Gasteiger partial charge >= 0.3 is 0 Å². The van der Waals surface area contributed by atoms with Crippen LogP contribution in [0.15, 0.2) is 18.2 Å². The summed E-state index contributed by atoms with van der Waals surface area (Å²) in [7, 11) is 0. The largest absolute Gasteiger partial charge is 0.314 e. The molecule has 0 atom stereocenters. The first kappa shape index (κ1) is 12.8. The quantitative estimate of drug-likeness (QED) is 0.778. The van der Waals surface area contributed by atoms with Crippen LogP contribution in [-0.2, 0) is 0 Å². The molecule has 0 aliphatic rings. The van der Waals surface area contributed by atoms with Crippen molar-refractivity contribution >= 4 is 5.78 Å². The zero-order valence-corrected chi connectivity index (χ0v) is 10.0. The number of halogens is 1. The molecule has 0 aromatic heterocycles. The molecule has 0 aliphatic heterocycles. The topological polar surface area (TPSA) is 29.1 Å². The highest BCUT2D eigenvalue weighted by molar-refractivity contribution is 5.97. The van der Waals surface area contributed by atoms with Gasteiger partial charge in [-0.2, -0.15) is 0 Å². The Hall–Kier alpha value is -1.22. The number of carbonyl (C=O) groups excluding carboxylic acids is 1. The lowest BCUT2D eigenvalue weighted by molar-refractivity contribution is 0.0981. The smallest absolute Gasteiger partial charge is 0.164 e. The van der Waals surface area contributed by atoms with Crippen molar-refractivity contribution in [1.82, 2.24) is 5.32 Å². The highest BCUT2D eigenvalue weighted by atomic mass is 19.1. The second-order valence-electron chi connectivity index (χ2n) is 4.24. The monoisotopic (exact) mass is 223 g/mol. The Bertz CT molecular complexity index is 374. The van der Waals surface area contributed by atoms with Gasteiger partial charge in [0, 0.05) is 24.6 Å². The number of aryl methyl sites for hydroxylation is 1. The molecule has 1 aromatic rings. The van der Waals surface area contributed by atoms with Crippen molar-refractivity contribution in [3.63, 3.8) is 0 Å². The van der Waals surface area contributed by atoms with Crippen molar-refractivity contribution in [3.05, 3.63) is 35.1 Å². The fraction of sp³-hybridized carbons (Fsp3) is 0.462. The summed E-state index contributed by atoms with van der Waals surface area (Å²) in [5, 5.41) is 3.18. The molecular formula is C13H18FNO. The predicted molar refractivity (Wildman–Crippen MR) is 63.2 cm³/mol. The minimum absolute atomic E-state index is 0.0608. The highest BCUT2D eigenvalue weighted by Gasteiger charge is 2.09. The maximum absolute atomic E-state index is 12.8. The summed E-state index contributed by atoms with van der Waals surface area (Å²) in [6.07, 6.45) is 0.449. The van der Waals surface area contributed by atoms with Crippen molar-refractivity contribution in [2.75, 3.05) is 6.54 Å². The van der Waals surface area contributed by atoms with Gasteiger partial charge in [0.1, 0.15) is 5.82 Å². The SMILES string of the molecule is Cc1cc(F)ccc1C(=O)CCNC(C)C. The fourth-order valence-corrected chi connectivity index (χ4v) is 1.55. The number of Topliss-reactive ketones (excluding diaryl/α,β-unsaturated/α-hetero) is 1. The number of ketones is 1. The first-order valence-corrected chi connectivity index (χ1v) is 5.53. The third-order valence-corrected chi connectivity index (χ3v) is 2.39. The molecule has 0 aliphatic carbocycles. The van der Waals surface area contributed by atoms with Crippen molar-refractivity contribution in [2.45, 2.75) is 33.2 Å². The Morgan fingerprint density at radius 3 is 2.69 bits per heavy atom. The van der Waals surface area contributed by atoms with Crippen molar-refractivity contribution < 1.29 is 9.18 Å². The van der Waals surface area contributed by atoms with Crippen molar-refractivity contribution in [1.29, 1.82) is 0 Å². The molecule has 0 fully saturated rings. The molecule has 0 bridgehead atoms. The van der Waals surface area contributed by atoms with E-state index in [2.05, 4.69) is 5.32 Å². The van der Waals surface area contributed by atoms with Crippen LogP contribution in [0.2, 0.25) is 0 Å². The molecule has 1 rings (SSSR count). The van der Waals surface area contributed by atoms with Gasteiger partial charge in [0.2, 0.25) is 0 Å². The van der Waals surface area contributed by atoms with Crippen LogP contribution in [0.4, 0.5) is 4.39 Å².